The minimum Gasteiger partial charge on any atom is -0.458 e. The Morgan fingerprint density at radius 3 is 2.43 bits per heavy atom. The molecule has 0 radical (unpaired) electrons. The Morgan fingerprint density at radius 1 is 1.11 bits per heavy atom. The van der Waals surface area contributed by atoms with Gasteiger partial charge in [-0.3, -0.25) is 4.79 Å². The van der Waals surface area contributed by atoms with Crippen molar-refractivity contribution in [3.63, 3.8) is 0 Å². The summed E-state index contributed by atoms with van der Waals surface area (Å²) in [6, 6.07) is 15.8. The molecule has 1 amide bonds. The van der Waals surface area contributed by atoms with Crippen LogP contribution < -0.4 is 10.1 Å². The van der Waals surface area contributed by atoms with Crippen molar-refractivity contribution in [2.75, 3.05) is 11.6 Å². The summed E-state index contributed by atoms with van der Waals surface area (Å²) in [7, 11) is -3.84. The first-order chi connectivity index (χ1) is 16.7. The number of hydrazone groups is 1. The van der Waals surface area contributed by atoms with E-state index >= 15 is 0 Å². The van der Waals surface area contributed by atoms with Gasteiger partial charge in [0.25, 0.3) is 5.91 Å². The monoisotopic (exact) mass is 491 g/mol. The van der Waals surface area contributed by atoms with E-state index in [4.69, 9.17) is 14.3 Å². The van der Waals surface area contributed by atoms with E-state index in [1.165, 1.54) is 35.4 Å². The number of nitrogens with zero attached hydrogens (tertiary/aromatic N) is 2. The van der Waals surface area contributed by atoms with Gasteiger partial charge in [0.05, 0.1) is 27.4 Å². The van der Waals surface area contributed by atoms with Crippen LogP contribution in [0.1, 0.15) is 23.0 Å². The molecule has 0 saturated heterocycles. The molecule has 0 aliphatic carbocycles. The molecule has 0 atom stereocenters. The lowest BCUT2D eigenvalue weighted by Crippen LogP contribution is -2.21. The molecular weight excluding hydrogens is 470 g/mol. The molecule has 3 aromatic rings. The number of carbonyl (C=O) groups excluding carboxylic acids is 2. The van der Waals surface area contributed by atoms with Crippen molar-refractivity contribution in [3.05, 3.63) is 90.2 Å². The SMILES string of the molecule is C=CCOC(=O)c1ccc(-c2ccc(/C=C3\C(=O)N(c4ccc(S(N)(=O)=O)cc4)N=C3C)o2)cc1. The summed E-state index contributed by atoms with van der Waals surface area (Å²) in [6.45, 7) is 5.34. The maximum atomic E-state index is 13.0. The lowest BCUT2D eigenvalue weighted by atomic mass is 10.1. The zero-order valence-electron chi connectivity index (χ0n) is 18.7. The van der Waals surface area contributed by atoms with Gasteiger partial charge >= 0.3 is 5.97 Å². The number of ether oxygens (including phenoxy) is 1. The smallest absolute Gasteiger partial charge is 0.338 e. The second-order valence-electron chi connectivity index (χ2n) is 7.57. The average molecular weight is 492 g/mol. The highest BCUT2D eigenvalue weighted by Crippen LogP contribution is 2.28. The van der Waals surface area contributed by atoms with Crippen molar-refractivity contribution in [3.8, 4) is 11.3 Å². The standard InChI is InChI=1S/C25H21N3O6S/c1-3-14-33-25(30)18-6-4-17(5-7-18)23-13-10-20(34-23)15-22-16(2)27-28(24(22)29)19-8-11-21(12-9-19)35(26,31)32/h3-13,15H,1,14H2,2H3,(H2,26,31,32)/b22-15-. The molecule has 0 bridgehead atoms. The van der Waals surface area contributed by atoms with Crippen molar-refractivity contribution < 1.29 is 27.2 Å². The first kappa shape index (κ1) is 23.9. The number of furan rings is 1. The number of rotatable bonds is 7. The third-order valence-corrected chi connectivity index (χ3v) is 6.05. The van der Waals surface area contributed by atoms with E-state index < -0.39 is 16.0 Å². The molecule has 0 fully saturated rings. The van der Waals surface area contributed by atoms with Crippen molar-refractivity contribution in [2.45, 2.75) is 11.8 Å². The van der Waals surface area contributed by atoms with Crippen molar-refractivity contribution in [2.24, 2.45) is 10.2 Å². The number of carbonyl (C=O) groups is 2. The van der Waals surface area contributed by atoms with Gasteiger partial charge in [0.2, 0.25) is 10.0 Å². The van der Waals surface area contributed by atoms with E-state index in [2.05, 4.69) is 11.7 Å². The quantitative estimate of drug-likeness (QED) is 0.304. The number of anilines is 1. The first-order valence-corrected chi connectivity index (χ1v) is 11.9. The number of amides is 1. The van der Waals surface area contributed by atoms with Crippen LogP contribution in [-0.2, 0) is 19.6 Å². The molecule has 10 heteroatoms. The molecule has 1 aromatic heterocycles. The van der Waals surface area contributed by atoms with Crippen LogP contribution in [0.2, 0.25) is 0 Å². The fourth-order valence-electron chi connectivity index (χ4n) is 3.35. The molecular formula is C25H21N3O6S. The summed E-state index contributed by atoms with van der Waals surface area (Å²) in [5.41, 5.74) is 2.37. The van der Waals surface area contributed by atoms with Gasteiger partial charge in [0.15, 0.2) is 0 Å². The molecule has 0 unspecified atom stereocenters. The van der Waals surface area contributed by atoms with Gasteiger partial charge in [-0.25, -0.2) is 18.4 Å². The van der Waals surface area contributed by atoms with Crippen LogP contribution >= 0.6 is 0 Å². The Kier molecular flexibility index (Phi) is 6.50. The Morgan fingerprint density at radius 2 is 1.80 bits per heavy atom. The number of hydrogen-bond donors (Lipinski definition) is 1. The second-order valence-corrected chi connectivity index (χ2v) is 9.13. The molecule has 178 valence electrons. The lowest BCUT2D eigenvalue weighted by molar-refractivity contribution is -0.114. The third kappa shape index (κ3) is 5.13. The van der Waals surface area contributed by atoms with Crippen molar-refractivity contribution >= 4 is 39.4 Å². The Bertz CT molecular complexity index is 1470. The van der Waals surface area contributed by atoms with Crippen LogP contribution in [0, 0.1) is 0 Å². The maximum Gasteiger partial charge on any atom is 0.338 e. The van der Waals surface area contributed by atoms with E-state index in [0.717, 1.165) is 5.56 Å². The van der Waals surface area contributed by atoms with Crippen LogP contribution in [0.15, 0.2) is 93.3 Å². The second kappa shape index (κ2) is 9.53. The van der Waals surface area contributed by atoms with Crippen molar-refractivity contribution in [1.29, 1.82) is 0 Å². The number of sulfonamides is 1. The Balaban J connectivity index is 1.52. The van der Waals surface area contributed by atoms with Crippen LogP contribution in [-0.4, -0.2) is 32.6 Å². The number of hydrogen-bond acceptors (Lipinski definition) is 7. The summed E-state index contributed by atoms with van der Waals surface area (Å²) < 4.78 is 33.8. The molecule has 2 N–H and O–H groups in total. The van der Waals surface area contributed by atoms with Crippen LogP contribution in [0.25, 0.3) is 17.4 Å². The van der Waals surface area contributed by atoms with E-state index in [-0.39, 0.29) is 17.4 Å². The van der Waals surface area contributed by atoms with Gasteiger partial charge in [-0.1, -0.05) is 24.8 Å². The van der Waals surface area contributed by atoms with E-state index in [0.29, 0.717) is 34.1 Å². The molecule has 4 rings (SSSR count). The van der Waals surface area contributed by atoms with Crippen molar-refractivity contribution in [1.82, 2.24) is 0 Å². The van der Waals surface area contributed by atoms with E-state index in [1.807, 2.05) is 0 Å². The number of nitrogens with two attached hydrogens (primary N) is 1. The topological polar surface area (TPSA) is 132 Å². The molecule has 1 aliphatic heterocycles. The van der Waals surface area contributed by atoms with Gasteiger partial charge in [0.1, 0.15) is 18.1 Å². The third-order valence-electron chi connectivity index (χ3n) is 5.12. The zero-order valence-corrected chi connectivity index (χ0v) is 19.5. The van der Waals surface area contributed by atoms with Gasteiger partial charge in [-0.15, -0.1) is 0 Å². The minimum absolute atomic E-state index is 0.0610. The normalized spacial score (nSPS) is 14.8. The highest BCUT2D eigenvalue weighted by Gasteiger charge is 2.29. The van der Waals surface area contributed by atoms with Crippen LogP contribution in [0.5, 0.6) is 0 Å². The fraction of sp³-hybridized carbons (Fsp3) is 0.0800. The summed E-state index contributed by atoms with van der Waals surface area (Å²) in [6.07, 6.45) is 3.08. The highest BCUT2D eigenvalue weighted by molar-refractivity contribution is 7.89. The summed E-state index contributed by atoms with van der Waals surface area (Å²) in [5, 5.41) is 10.6. The largest absolute Gasteiger partial charge is 0.458 e. The lowest BCUT2D eigenvalue weighted by Gasteiger charge is -2.11. The van der Waals surface area contributed by atoms with Crippen LogP contribution in [0.3, 0.4) is 0 Å². The van der Waals surface area contributed by atoms with E-state index in [1.54, 1.807) is 49.4 Å². The van der Waals surface area contributed by atoms with Gasteiger partial charge in [-0.05, 0) is 61.5 Å². The Hall–Kier alpha value is -4.28. The average Bonchev–Trinajstić information content (AvgIpc) is 3.42. The molecule has 9 nitrogen and oxygen atoms in total. The predicted molar refractivity (Wildman–Crippen MR) is 131 cm³/mol. The predicted octanol–water partition coefficient (Wildman–Crippen LogP) is 3.74. The minimum atomic E-state index is -3.84. The molecule has 0 spiro atoms. The number of benzene rings is 2. The summed E-state index contributed by atoms with van der Waals surface area (Å²) in [5.74, 6) is 0.169. The summed E-state index contributed by atoms with van der Waals surface area (Å²) in [4.78, 5) is 24.8. The molecule has 2 aromatic carbocycles. The molecule has 1 aliphatic rings. The Labute approximate surface area is 201 Å². The fourth-order valence-corrected chi connectivity index (χ4v) is 3.87. The molecule has 2 heterocycles. The van der Waals surface area contributed by atoms with Crippen LogP contribution in [0.4, 0.5) is 5.69 Å². The van der Waals surface area contributed by atoms with Gasteiger partial charge < -0.3 is 9.15 Å². The summed E-state index contributed by atoms with van der Waals surface area (Å²) >= 11 is 0. The maximum absolute atomic E-state index is 13.0. The molecule has 35 heavy (non-hydrogen) atoms. The first-order valence-electron chi connectivity index (χ1n) is 10.4. The van der Waals surface area contributed by atoms with Gasteiger partial charge in [-0.2, -0.15) is 10.1 Å². The highest BCUT2D eigenvalue weighted by atomic mass is 32.2. The molecule has 0 saturated carbocycles. The van der Waals surface area contributed by atoms with E-state index in [9.17, 15) is 18.0 Å². The zero-order chi connectivity index (χ0) is 25.2. The number of primary sulfonamides is 1. The number of esters is 1. The van der Waals surface area contributed by atoms with Gasteiger partial charge in [0, 0.05) is 5.56 Å².